The maximum atomic E-state index is 3.58. The molecule has 0 amide bonds. The third kappa shape index (κ3) is 3.62. The molecule has 0 spiro atoms. The first-order valence-electron chi connectivity index (χ1n) is 6.38. The van der Waals surface area contributed by atoms with Gasteiger partial charge in [-0.3, -0.25) is 0 Å². The normalized spacial score (nSPS) is 12.4. The summed E-state index contributed by atoms with van der Waals surface area (Å²) in [6, 6.07) is 17.4. The molecule has 2 rings (SSSR count). The second kappa shape index (κ2) is 7.13. The summed E-state index contributed by atoms with van der Waals surface area (Å²) in [6.07, 6.45) is 2.13. The van der Waals surface area contributed by atoms with E-state index in [2.05, 4.69) is 83.0 Å². The first kappa shape index (κ1) is 14.6. The van der Waals surface area contributed by atoms with Crippen molar-refractivity contribution in [2.75, 3.05) is 12.8 Å². The molecule has 100 valence electrons. The van der Waals surface area contributed by atoms with E-state index in [-0.39, 0.29) is 6.04 Å². The van der Waals surface area contributed by atoms with Crippen molar-refractivity contribution in [1.82, 2.24) is 5.32 Å². The zero-order chi connectivity index (χ0) is 13.7. The molecule has 0 fully saturated rings. The fourth-order valence-electron chi connectivity index (χ4n) is 2.17. The number of nitrogens with one attached hydrogen (secondary N) is 1. The summed E-state index contributed by atoms with van der Waals surface area (Å²) in [5.74, 6) is 0. The molecule has 0 radical (unpaired) electrons. The van der Waals surface area contributed by atoms with Crippen LogP contribution in [0.15, 0.2) is 57.9 Å². The summed E-state index contributed by atoms with van der Waals surface area (Å²) in [5, 5.41) is 3.58. The van der Waals surface area contributed by atoms with E-state index in [0.29, 0.717) is 0 Å². The summed E-state index contributed by atoms with van der Waals surface area (Å²) >= 11 is 5.29. The van der Waals surface area contributed by atoms with Gasteiger partial charge in [-0.25, -0.2) is 0 Å². The van der Waals surface area contributed by atoms with Crippen LogP contribution in [0.25, 0.3) is 0 Å². The SMILES string of the molecule is CCNC(c1ccc(Br)cc1)c1ccccc1SC. The Morgan fingerprint density at radius 2 is 1.79 bits per heavy atom. The lowest BCUT2D eigenvalue weighted by Gasteiger charge is -2.21. The van der Waals surface area contributed by atoms with Crippen molar-refractivity contribution in [1.29, 1.82) is 0 Å². The summed E-state index contributed by atoms with van der Waals surface area (Å²) in [5.41, 5.74) is 2.64. The molecule has 2 aromatic carbocycles. The van der Waals surface area contributed by atoms with Crippen molar-refractivity contribution in [3.05, 3.63) is 64.1 Å². The van der Waals surface area contributed by atoms with Gasteiger partial charge >= 0.3 is 0 Å². The van der Waals surface area contributed by atoms with Crippen molar-refractivity contribution in [3.8, 4) is 0 Å². The molecule has 0 aliphatic heterocycles. The zero-order valence-electron chi connectivity index (χ0n) is 11.2. The van der Waals surface area contributed by atoms with Gasteiger partial charge in [0.25, 0.3) is 0 Å². The van der Waals surface area contributed by atoms with Crippen LogP contribution in [0.3, 0.4) is 0 Å². The highest BCUT2D eigenvalue weighted by Crippen LogP contribution is 2.30. The van der Waals surface area contributed by atoms with Gasteiger partial charge in [-0.15, -0.1) is 11.8 Å². The van der Waals surface area contributed by atoms with E-state index >= 15 is 0 Å². The predicted molar refractivity (Wildman–Crippen MR) is 87.9 cm³/mol. The third-order valence-electron chi connectivity index (χ3n) is 3.06. The van der Waals surface area contributed by atoms with E-state index in [0.717, 1.165) is 11.0 Å². The Balaban J connectivity index is 2.42. The lowest BCUT2D eigenvalue weighted by atomic mass is 9.98. The van der Waals surface area contributed by atoms with Crippen LogP contribution in [0.1, 0.15) is 24.1 Å². The largest absolute Gasteiger partial charge is 0.306 e. The maximum Gasteiger partial charge on any atom is 0.0587 e. The topological polar surface area (TPSA) is 12.0 Å². The molecule has 0 heterocycles. The Bertz CT molecular complexity index is 525. The zero-order valence-corrected chi connectivity index (χ0v) is 13.6. The van der Waals surface area contributed by atoms with Crippen LogP contribution in [0, 0.1) is 0 Å². The van der Waals surface area contributed by atoms with E-state index in [1.165, 1.54) is 16.0 Å². The van der Waals surface area contributed by atoms with Crippen LogP contribution in [-0.4, -0.2) is 12.8 Å². The molecule has 3 heteroatoms. The van der Waals surface area contributed by atoms with Crippen LogP contribution in [0.5, 0.6) is 0 Å². The number of hydrogen-bond acceptors (Lipinski definition) is 2. The van der Waals surface area contributed by atoms with Gasteiger partial charge in [0.05, 0.1) is 6.04 Å². The molecule has 0 aliphatic rings. The minimum atomic E-state index is 0.252. The number of benzene rings is 2. The highest BCUT2D eigenvalue weighted by Gasteiger charge is 2.15. The lowest BCUT2D eigenvalue weighted by molar-refractivity contribution is 0.622. The van der Waals surface area contributed by atoms with Gasteiger partial charge in [0.1, 0.15) is 0 Å². The fraction of sp³-hybridized carbons (Fsp3) is 0.250. The molecule has 0 saturated carbocycles. The summed E-state index contributed by atoms with van der Waals surface area (Å²) in [7, 11) is 0. The molecule has 0 aromatic heterocycles. The van der Waals surface area contributed by atoms with Crippen LogP contribution < -0.4 is 5.32 Å². The van der Waals surface area contributed by atoms with Crippen molar-refractivity contribution >= 4 is 27.7 Å². The molecule has 1 N–H and O–H groups in total. The molecule has 0 bridgehead atoms. The second-order valence-corrected chi connectivity index (χ2v) is 6.05. The van der Waals surface area contributed by atoms with Gasteiger partial charge < -0.3 is 5.32 Å². The minimum absolute atomic E-state index is 0.252. The molecule has 0 saturated heterocycles. The Kier molecular flexibility index (Phi) is 5.49. The van der Waals surface area contributed by atoms with Crippen LogP contribution in [0.4, 0.5) is 0 Å². The molecule has 1 unspecified atom stereocenters. The number of hydrogen-bond donors (Lipinski definition) is 1. The third-order valence-corrected chi connectivity index (χ3v) is 4.40. The first-order valence-corrected chi connectivity index (χ1v) is 8.39. The van der Waals surface area contributed by atoms with Gasteiger partial charge in [0.15, 0.2) is 0 Å². The number of thioether (sulfide) groups is 1. The first-order chi connectivity index (χ1) is 9.26. The van der Waals surface area contributed by atoms with Crippen molar-refractivity contribution in [2.45, 2.75) is 17.9 Å². The van der Waals surface area contributed by atoms with Gasteiger partial charge in [0, 0.05) is 9.37 Å². The average molecular weight is 336 g/mol. The Morgan fingerprint density at radius 1 is 1.11 bits per heavy atom. The Hall–Kier alpha value is -0.770. The van der Waals surface area contributed by atoms with Gasteiger partial charge in [-0.1, -0.05) is 53.2 Å². The van der Waals surface area contributed by atoms with E-state index < -0.39 is 0 Å². The monoisotopic (exact) mass is 335 g/mol. The molecule has 2 aromatic rings. The Morgan fingerprint density at radius 3 is 2.42 bits per heavy atom. The fourth-order valence-corrected chi connectivity index (χ4v) is 3.07. The number of halogens is 1. The Labute approximate surface area is 127 Å². The second-order valence-electron chi connectivity index (χ2n) is 4.28. The molecule has 0 aliphatic carbocycles. The quantitative estimate of drug-likeness (QED) is 0.782. The molecular formula is C16H18BrNS. The number of rotatable bonds is 5. The van der Waals surface area contributed by atoms with Crippen LogP contribution in [0.2, 0.25) is 0 Å². The summed E-state index contributed by atoms with van der Waals surface area (Å²) in [6.45, 7) is 3.09. The highest BCUT2D eigenvalue weighted by atomic mass is 79.9. The predicted octanol–water partition coefficient (Wildman–Crippen LogP) is 4.87. The van der Waals surface area contributed by atoms with E-state index in [1.54, 1.807) is 11.8 Å². The lowest BCUT2D eigenvalue weighted by Crippen LogP contribution is -2.22. The van der Waals surface area contributed by atoms with E-state index in [9.17, 15) is 0 Å². The van der Waals surface area contributed by atoms with Crippen molar-refractivity contribution in [2.24, 2.45) is 0 Å². The molecule has 19 heavy (non-hydrogen) atoms. The molecular weight excluding hydrogens is 318 g/mol. The molecule has 1 nitrogen and oxygen atoms in total. The standard InChI is InChI=1S/C16H18BrNS/c1-3-18-16(12-8-10-13(17)11-9-12)14-6-4-5-7-15(14)19-2/h4-11,16,18H,3H2,1-2H3. The van der Waals surface area contributed by atoms with Crippen LogP contribution in [-0.2, 0) is 0 Å². The van der Waals surface area contributed by atoms with Gasteiger partial charge in [-0.2, -0.15) is 0 Å². The highest BCUT2D eigenvalue weighted by molar-refractivity contribution is 9.10. The van der Waals surface area contributed by atoms with Crippen molar-refractivity contribution in [3.63, 3.8) is 0 Å². The van der Waals surface area contributed by atoms with Crippen molar-refractivity contribution < 1.29 is 0 Å². The van der Waals surface area contributed by atoms with Gasteiger partial charge in [0.2, 0.25) is 0 Å². The summed E-state index contributed by atoms with van der Waals surface area (Å²) in [4.78, 5) is 1.33. The average Bonchev–Trinajstić information content (AvgIpc) is 2.46. The van der Waals surface area contributed by atoms with Gasteiger partial charge in [-0.05, 0) is 42.1 Å². The van der Waals surface area contributed by atoms with E-state index in [4.69, 9.17) is 0 Å². The van der Waals surface area contributed by atoms with E-state index in [1.807, 2.05) is 0 Å². The van der Waals surface area contributed by atoms with Crippen LogP contribution >= 0.6 is 27.7 Å². The maximum absolute atomic E-state index is 3.58. The summed E-state index contributed by atoms with van der Waals surface area (Å²) < 4.78 is 1.12. The minimum Gasteiger partial charge on any atom is -0.306 e. The smallest absolute Gasteiger partial charge is 0.0587 e. The molecule has 1 atom stereocenters.